The first kappa shape index (κ1) is 15.9. The van der Waals surface area contributed by atoms with E-state index in [9.17, 15) is 13.2 Å². The van der Waals surface area contributed by atoms with Crippen molar-refractivity contribution in [1.82, 2.24) is 5.32 Å². The normalized spacial score (nSPS) is 12.4. The molecule has 0 amide bonds. The van der Waals surface area contributed by atoms with Crippen molar-refractivity contribution >= 4 is 11.6 Å². The van der Waals surface area contributed by atoms with Crippen molar-refractivity contribution in [3.05, 3.63) is 70.0 Å². The Hall–Kier alpha value is -1.52. The number of halogens is 4. The molecule has 0 aromatic heterocycles. The Morgan fingerprint density at radius 1 is 1.05 bits per heavy atom. The Labute approximate surface area is 126 Å². The van der Waals surface area contributed by atoms with Gasteiger partial charge in [-0.05, 0) is 37.2 Å². The van der Waals surface area contributed by atoms with E-state index in [4.69, 9.17) is 11.6 Å². The van der Waals surface area contributed by atoms with Crippen LogP contribution in [0.15, 0.2) is 36.4 Å². The van der Waals surface area contributed by atoms with Crippen LogP contribution in [0.25, 0.3) is 0 Å². The van der Waals surface area contributed by atoms with Gasteiger partial charge in [-0.1, -0.05) is 30.7 Å². The number of benzene rings is 2. The molecule has 0 saturated carbocycles. The second-order valence-corrected chi connectivity index (χ2v) is 5.12. The first-order chi connectivity index (χ1) is 10.0. The molecule has 2 aromatic carbocycles. The predicted octanol–water partition coefficient (Wildman–Crippen LogP) is 4.65. The zero-order chi connectivity index (χ0) is 15.4. The number of rotatable bonds is 5. The van der Waals surface area contributed by atoms with Gasteiger partial charge in [-0.3, -0.25) is 0 Å². The lowest BCUT2D eigenvalue weighted by Crippen LogP contribution is -2.24. The summed E-state index contributed by atoms with van der Waals surface area (Å²) in [5.74, 6) is -1.76. The molecular weight excluding hydrogens is 299 g/mol. The van der Waals surface area contributed by atoms with Gasteiger partial charge in [0.15, 0.2) is 0 Å². The standard InChI is InChI=1S/C16H15ClF3N/c1-2-21-16(11-7-6-10(17)8-15(11)20)9-12-13(18)4-3-5-14(12)19/h3-8,16,21H,2,9H2,1H3. The van der Waals surface area contributed by atoms with Crippen LogP contribution >= 0.6 is 11.6 Å². The minimum absolute atomic E-state index is 0.0187. The van der Waals surface area contributed by atoms with Crippen LogP contribution in [-0.2, 0) is 6.42 Å². The first-order valence-corrected chi connectivity index (χ1v) is 7.02. The molecule has 0 aliphatic rings. The van der Waals surface area contributed by atoms with Gasteiger partial charge in [-0.2, -0.15) is 0 Å². The fourth-order valence-electron chi connectivity index (χ4n) is 2.25. The summed E-state index contributed by atoms with van der Waals surface area (Å²) in [7, 11) is 0. The molecule has 0 aliphatic carbocycles. The average molecular weight is 314 g/mol. The lowest BCUT2D eigenvalue weighted by atomic mass is 9.97. The lowest BCUT2D eigenvalue weighted by Gasteiger charge is -2.20. The van der Waals surface area contributed by atoms with Gasteiger partial charge in [0, 0.05) is 22.2 Å². The van der Waals surface area contributed by atoms with Crippen LogP contribution in [0.3, 0.4) is 0 Å². The molecule has 112 valence electrons. The smallest absolute Gasteiger partial charge is 0.129 e. The van der Waals surface area contributed by atoms with Gasteiger partial charge < -0.3 is 5.32 Å². The van der Waals surface area contributed by atoms with Gasteiger partial charge in [0.2, 0.25) is 0 Å². The number of hydrogen-bond acceptors (Lipinski definition) is 1. The number of likely N-dealkylation sites (N-methyl/N-ethyl adjacent to an activating group) is 1. The second kappa shape index (κ2) is 6.96. The van der Waals surface area contributed by atoms with Crippen molar-refractivity contribution in [2.24, 2.45) is 0 Å². The molecule has 0 spiro atoms. The summed E-state index contributed by atoms with van der Waals surface area (Å²) in [6, 6.07) is 7.45. The van der Waals surface area contributed by atoms with Crippen LogP contribution < -0.4 is 5.32 Å². The molecule has 1 unspecified atom stereocenters. The van der Waals surface area contributed by atoms with E-state index in [0.717, 1.165) is 0 Å². The van der Waals surface area contributed by atoms with E-state index in [0.29, 0.717) is 12.1 Å². The molecule has 0 aliphatic heterocycles. The summed E-state index contributed by atoms with van der Waals surface area (Å²) >= 11 is 5.73. The molecule has 1 atom stereocenters. The SMILES string of the molecule is CCNC(Cc1c(F)cccc1F)c1ccc(Cl)cc1F. The molecule has 0 heterocycles. The zero-order valence-corrected chi connectivity index (χ0v) is 12.2. The maximum absolute atomic E-state index is 14.0. The molecule has 0 saturated heterocycles. The van der Waals surface area contributed by atoms with E-state index >= 15 is 0 Å². The zero-order valence-electron chi connectivity index (χ0n) is 11.5. The minimum atomic E-state index is -0.632. The third-order valence-electron chi connectivity index (χ3n) is 3.26. The summed E-state index contributed by atoms with van der Waals surface area (Å²) in [5.41, 5.74) is 0.279. The highest BCUT2D eigenvalue weighted by Crippen LogP contribution is 2.26. The Balaban J connectivity index is 2.35. The van der Waals surface area contributed by atoms with Crippen molar-refractivity contribution in [3.63, 3.8) is 0 Å². The Morgan fingerprint density at radius 2 is 1.71 bits per heavy atom. The highest BCUT2D eigenvalue weighted by molar-refractivity contribution is 6.30. The third kappa shape index (κ3) is 3.77. The number of nitrogens with one attached hydrogen (secondary N) is 1. The Morgan fingerprint density at radius 3 is 2.29 bits per heavy atom. The predicted molar refractivity (Wildman–Crippen MR) is 77.9 cm³/mol. The third-order valence-corrected chi connectivity index (χ3v) is 3.49. The molecule has 21 heavy (non-hydrogen) atoms. The molecule has 1 N–H and O–H groups in total. The maximum Gasteiger partial charge on any atom is 0.129 e. The van der Waals surface area contributed by atoms with Gasteiger partial charge >= 0.3 is 0 Å². The Kier molecular flexibility index (Phi) is 5.26. The fourth-order valence-corrected chi connectivity index (χ4v) is 2.41. The maximum atomic E-state index is 14.0. The molecule has 0 bridgehead atoms. The van der Waals surface area contributed by atoms with Crippen molar-refractivity contribution in [3.8, 4) is 0 Å². The summed E-state index contributed by atoms with van der Waals surface area (Å²) in [6.45, 7) is 2.39. The van der Waals surface area contributed by atoms with Gasteiger partial charge in [0.05, 0.1) is 0 Å². The largest absolute Gasteiger partial charge is 0.310 e. The molecule has 1 nitrogen and oxygen atoms in total. The fraction of sp³-hybridized carbons (Fsp3) is 0.250. The van der Waals surface area contributed by atoms with Crippen LogP contribution in [0.4, 0.5) is 13.2 Å². The lowest BCUT2D eigenvalue weighted by molar-refractivity contribution is 0.480. The summed E-state index contributed by atoms with van der Waals surface area (Å²) in [5, 5.41) is 3.33. The topological polar surface area (TPSA) is 12.0 Å². The van der Waals surface area contributed by atoms with Crippen LogP contribution in [0.2, 0.25) is 5.02 Å². The molecular formula is C16H15ClF3N. The van der Waals surface area contributed by atoms with Gasteiger partial charge in [-0.15, -0.1) is 0 Å². The number of hydrogen-bond donors (Lipinski definition) is 1. The van der Waals surface area contributed by atoms with E-state index in [1.54, 1.807) is 6.07 Å². The van der Waals surface area contributed by atoms with E-state index in [-0.39, 0.29) is 17.0 Å². The van der Waals surface area contributed by atoms with Crippen LogP contribution in [0, 0.1) is 17.5 Å². The van der Waals surface area contributed by atoms with Crippen LogP contribution in [-0.4, -0.2) is 6.54 Å². The Bertz CT molecular complexity index is 611. The summed E-state index contributed by atoms with van der Waals surface area (Å²) < 4.78 is 41.5. The highest BCUT2D eigenvalue weighted by atomic mass is 35.5. The van der Waals surface area contributed by atoms with Gasteiger partial charge in [0.1, 0.15) is 17.5 Å². The van der Waals surface area contributed by atoms with Crippen molar-refractivity contribution in [2.45, 2.75) is 19.4 Å². The first-order valence-electron chi connectivity index (χ1n) is 6.64. The average Bonchev–Trinajstić information content (AvgIpc) is 2.42. The molecule has 0 fully saturated rings. The summed E-state index contributed by atoms with van der Waals surface area (Å²) in [4.78, 5) is 0. The van der Waals surface area contributed by atoms with E-state index < -0.39 is 23.5 Å². The molecule has 2 rings (SSSR count). The van der Waals surface area contributed by atoms with Gasteiger partial charge in [0.25, 0.3) is 0 Å². The van der Waals surface area contributed by atoms with E-state index in [1.807, 2.05) is 6.92 Å². The van der Waals surface area contributed by atoms with E-state index in [1.165, 1.54) is 30.3 Å². The monoisotopic (exact) mass is 313 g/mol. The minimum Gasteiger partial charge on any atom is -0.310 e. The van der Waals surface area contributed by atoms with Crippen molar-refractivity contribution in [1.29, 1.82) is 0 Å². The molecule has 5 heteroatoms. The van der Waals surface area contributed by atoms with Crippen LogP contribution in [0.1, 0.15) is 24.1 Å². The van der Waals surface area contributed by atoms with E-state index in [2.05, 4.69) is 5.32 Å². The molecule has 2 aromatic rings. The quantitative estimate of drug-likeness (QED) is 0.847. The summed E-state index contributed by atoms with van der Waals surface area (Å²) in [6.07, 6.45) is 0.0187. The van der Waals surface area contributed by atoms with Crippen molar-refractivity contribution < 1.29 is 13.2 Å². The highest BCUT2D eigenvalue weighted by Gasteiger charge is 2.19. The van der Waals surface area contributed by atoms with Crippen LogP contribution in [0.5, 0.6) is 0 Å². The van der Waals surface area contributed by atoms with Gasteiger partial charge in [-0.25, -0.2) is 13.2 Å². The molecule has 0 radical (unpaired) electrons. The second-order valence-electron chi connectivity index (χ2n) is 4.68. The van der Waals surface area contributed by atoms with Crippen molar-refractivity contribution in [2.75, 3.05) is 6.54 Å².